The highest BCUT2D eigenvalue weighted by Gasteiger charge is 2.53. The highest BCUT2D eigenvalue weighted by atomic mass is 32.1. The van der Waals surface area contributed by atoms with Crippen molar-refractivity contribution in [3.63, 3.8) is 0 Å². The molecule has 2 rings (SSSR count). The summed E-state index contributed by atoms with van der Waals surface area (Å²) in [5.74, 6) is -0.625. The average molecular weight is 381 g/mol. The number of carbonyl (C=O) groups excluding carboxylic acids is 2. The van der Waals surface area contributed by atoms with Gasteiger partial charge in [0.1, 0.15) is 16.1 Å². The first-order chi connectivity index (χ1) is 12.0. The molecule has 0 saturated carbocycles. The molecule has 1 aliphatic heterocycles. The van der Waals surface area contributed by atoms with Crippen molar-refractivity contribution in [3.05, 3.63) is 27.7 Å². The molecule has 7 heteroatoms. The molecule has 144 valence electrons. The van der Waals surface area contributed by atoms with Crippen molar-refractivity contribution in [1.82, 2.24) is 10.3 Å². The van der Waals surface area contributed by atoms with Gasteiger partial charge < -0.3 is 9.47 Å². The van der Waals surface area contributed by atoms with Crippen LogP contribution in [0.2, 0.25) is 0 Å². The quantitative estimate of drug-likeness (QED) is 0.789. The van der Waals surface area contributed by atoms with E-state index in [4.69, 9.17) is 9.47 Å². The monoisotopic (exact) mass is 380 g/mol. The van der Waals surface area contributed by atoms with Crippen LogP contribution >= 0.6 is 11.3 Å². The zero-order valence-corrected chi connectivity index (χ0v) is 17.3. The van der Waals surface area contributed by atoms with Crippen LogP contribution in [0.3, 0.4) is 0 Å². The molecule has 0 spiro atoms. The van der Waals surface area contributed by atoms with Gasteiger partial charge in [0.15, 0.2) is 0 Å². The number of nitrogens with zero attached hydrogens (tertiary/aromatic N) is 1. The van der Waals surface area contributed by atoms with Gasteiger partial charge in [-0.15, -0.1) is 11.3 Å². The van der Waals surface area contributed by atoms with Crippen LogP contribution in [0, 0.1) is 5.92 Å². The first-order valence-electron chi connectivity index (χ1n) is 8.72. The highest BCUT2D eigenvalue weighted by Crippen LogP contribution is 2.43. The van der Waals surface area contributed by atoms with Gasteiger partial charge in [-0.1, -0.05) is 13.8 Å². The predicted octanol–water partition coefficient (Wildman–Crippen LogP) is 3.40. The molecule has 0 aromatic carbocycles. The van der Waals surface area contributed by atoms with Gasteiger partial charge in [-0.25, -0.2) is 14.6 Å². The van der Waals surface area contributed by atoms with Gasteiger partial charge in [0.25, 0.3) is 0 Å². The third-order valence-corrected chi connectivity index (χ3v) is 5.13. The molecule has 1 N–H and O–H groups in total. The van der Waals surface area contributed by atoms with E-state index in [0.29, 0.717) is 17.6 Å². The second-order valence-corrected chi connectivity index (χ2v) is 8.91. The number of hydrogen-bond donors (Lipinski definition) is 1. The fourth-order valence-corrected chi connectivity index (χ4v) is 4.00. The van der Waals surface area contributed by atoms with E-state index >= 15 is 0 Å². The van der Waals surface area contributed by atoms with Crippen LogP contribution in [-0.2, 0) is 19.1 Å². The van der Waals surface area contributed by atoms with E-state index < -0.39 is 23.2 Å². The first-order valence-corrected chi connectivity index (χ1v) is 9.60. The summed E-state index contributed by atoms with van der Waals surface area (Å²) in [7, 11) is 1.34. The minimum atomic E-state index is -1.08. The first kappa shape index (κ1) is 20.6. The lowest BCUT2D eigenvalue weighted by Gasteiger charge is -2.34. The Balaban J connectivity index is 2.58. The van der Waals surface area contributed by atoms with Gasteiger partial charge in [0.05, 0.1) is 18.7 Å². The molecule has 1 aliphatic rings. The Kier molecular flexibility index (Phi) is 5.92. The van der Waals surface area contributed by atoms with Crippen molar-refractivity contribution in [2.75, 3.05) is 7.11 Å². The Bertz CT molecular complexity index is 704. The van der Waals surface area contributed by atoms with Crippen LogP contribution in [0.1, 0.15) is 59.0 Å². The number of thiazole rings is 1. The molecular formula is C19H28N2O4S. The Morgan fingerprint density at radius 2 is 2.04 bits per heavy atom. The number of methoxy groups -OCH3 is 1. The van der Waals surface area contributed by atoms with Crippen LogP contribution in [0.15, 0.2) is 22.7 Å². The minimum absolute atomic E-state index is 0.207. The molecular weight excluding hydrogens is 352 g/mol. The van der Waals surface area contributed by atoms with Crippen molar-refractivity contribution in [2.24, 2.45) is 5.92 Å². The summed E-state index contributed by atoms with van der Waals surface area (Å²) < 4.78 is 10.7. The third-order valence-electron chi connectivity index (χ3n) is 4.29. The van der Waals surface area contributed by atoms with E-state index in [1.54, 1.807) is 13.1 Å². The maximum Gasteiger partial charge on any atom is 0.335 e. The summed E-state index contributed by atoms with van der Waals surface area (Å²) in [5, 5.41) is 5.94. The number of esters is 2. The van der Waals surface area contributed by atoms with Gasteiger partial charge in [0.2, 0.25) is 0 Å². The molecule has 0 amide bonds. The molecule has 0 unspecified atom stereocenters. The van der Waals surface area contributed by atoms with Gasteiger partial charge in [-0.05, 0) is 45.6 Å². The van der Waals surface area contributed by atoms with E-state index in [1.807, 2.05) is 40.0 Å². The van der Waals surface area contributed by atoms with Crippen molar-refractivity contribution < 1.29 is 19.1 Å². The van der Waals surface area contributed by atoms with Gasteiger partial charge in [-0.2, -0.15) is 0 Å². The minimum Gasteiger partial charge on any atom is -0.466 e. The Morgan fingerprint density at radius 3 is 2.50 bits per heavy atom. The normalized spacial score (nSPS) is 23.5. The maximum absolute atomic E-state index is 13.2. The zero-order valence-electron chi connectivity index (χ0n) is 16.5. The van der Waals surface area contributed by atoms with Gasteiger partial charge >= 0.3 is 11.9 Å². The summed E-state index contributed by atoms with van der Waals surface area (Å²) in [6, 6.07) is -0.492. The van der Waals surface area contributed by atoms with Crippen LogP contribution in [0.4, 0.5) is 0 Å². The molecule has 2 atom stereocenters. The van der Waals surface area contributed by atoms with Crippen LogP contribution in [-0.4, -0.2) is 35.2 Å². The maximum atomic E-state index is 13.2. The Hall–Kier alpha value is -1.73. The summed E-state index contributed by atoms with van der Waals surface area (Å²) in [6.07, 6.45) is 2.19. The van der Waals surface area contributed by atoms with Crippen LogP contribution in [0.25, 0.3) is 0 Å². The number of hydrogen-bond acceptors (Lipinski definition) is 7. The average Bonchev–Trinajstić information content (AvgIpc) is 3.12. The van der Waals surface area contributed by atoms with E-state index in [2.05, 4.69) is 10.3 Å². The highest BCUT2D eigenvalue weighted by molar-refractivity contribution is 7.09. The second-order valence-electron chi connectivity index (χ2n) is 7.98. The molecule has 26 heavy (non-hydrogen) atoms. The number of ether oxygens (including phenoxy) is 2. The lowest BCUT2D eigenvalue weighted by atomic mass is 9.83. The number of nitrogens with one attached hydrogen (secondary N) is 1. The van der Waals surface area contributed by atoms with Crippen molar-refractivity contribution in [2.45, 2.75) is 65.1 Å². The fourth-order valence-electron chi connectivity index (χ4n) is 3.30. The van der Waals surface area contributed by atoms with E-state index in [9.17, 15) is 9.59 Å². The third kappa shape index (κ3) is 3.99. The molecule has 0 aliphatic carbocycles. The molecule has 0 bridgehead atoms. The second kappa shape index (κ2) is 7.48. The summed E-state index contributed by atoms with van der Waals surface area (Å²) in [6.45, 7) is 11.4. The molecule has 2 heterocycles. The largest absolute Gasteiger partial charge is 0.466 e. The van der Waals surface area contributed by atoms with Crippen LogP contribution < -0.4 is 5.32 Å². The summed E-state index contributed by atoms with van der Waals surface area (Å²) in [5.41, 5.74) is -0.629. The fraction of sp³-hybridized carbons (Fsp3) is 0.632. The van der Waals surface area contributed by atoms with Crippen molar-refractivity contribution in [3.8, 4) is 0 Å². The molecule has 0 saturated heterocycles. The molecule has 1 aromatic heterocycles. The van der Waals surface area contributed by atoms with Crippen LogP contribution in [0.5, 0.6) is 0 Å². The molecule has 0 fully saturated rings. The SMILES string of the molecule is COC(=O)C1=C(C)[C@@](CC(C)C)(C(=O)OC(C)(C)C)N[C@H]1c1nccs1. The summed E-state index contributed by atoms with van der Waals surface area (Å²) in [4.78, 5) is 30.1. The number of aromatic nitrogens is 1. The molecule has 6 nitrogen and oxygen atoms in total. The van der Waals surface area contributed by atoms with E-state index in [0.717, 1.165) is 5.01 Å². The van der Waals surface area contributed by atoms with Gasteiger partial charge in [-0.3, -0.25) is 5.32 Å². The number of carbonyl (C=O) groups is 2. The summed E-state index contributed by atoms with van der Waals surface area (Å²) >= 11 is 1.43. The number of rotatable bonds is 5. The predicted molar refractivity (Wildman–Crippen MR) is 101 cm³/mol. The Morgan fingerprint density at radius 1 is 1.38 bits per heavy atom. The molecule has 0 radical (unpaired) electrons. The lowest BCUT2D eigenvalue weighted by Crippen LogP contribution is -2.53. The lowest BCUT2D eigenvalue weighted by molar-refractivity contribution is -0.162. The van der Waals surface area contributed by atoms with E-state index in [1.165, 1.54) is 18.4 Å². The topological polar surface area (TPSA) is 77.5 Å². The molecule has 1 aromatic rings. The van der Waals surface area contributed by atoms with Gasteiger partial charge in [0, 0.05) is 11.6 Å². The Labute approximate surface area is 159 Å². The zero-order chi connectivity index (χ0) is 19.7. The van der Waals surface area contributed by atoms with E-state index in [-0.39, 0.29) is 11.9 Å². The van der Waals surface area contributed by atoms with Crippen molar-refractivity contribution >= 4 is 23.3 Å². The standard InChI is InChI=1S/C19H28N2O4S/c1-11(2)10-19(17(23)25-18(4,5)6)12(3)13(16(22)24-7)14(21-19)15-20-8-9-26-15/h8-9,11,14,21H,10H2,1-7H3/t14-,19+/m1/s1. The smallest absolute Gasteiger partial charge is 0.335 e. The van der Waals surface area contributed by atoms with Crippen molar-refractivity contribution in [1.29, 1.82) is 0 Å².